The van der Waals surface area contributed by atoms with Gasteiger partial charge in [0.25, 0.3) is 0 Å². The topological polar surface area (TPSA) is 72.3 Å². The highest BCUT2D eigenvalue weighted by molar-refractivity contribution is 5.85. The fourth-order valence-corrected chi connectivity index (χ4v) is 1.12. The van der Waals surface area contributed by atoms with Crippen LogP contribution in [0.15, 0.2) is 4.52 Å². The first-order valence-corrected chi connectivity index (χ1v) is 3.93. The Morgan fingerprint density at radius 3 is 2.54 bits per heavy atom. The van der Waals surface area contributed by atoms with Crippen LogP contribution in [0.25, 0.3) is 0 Å². The van der Waals surface area contributed by atoms with Gasteiger partial charge in [0.1, 0.15) is 5.76 Å². The van der Waals surface area contributed by atoms with Crippen LogP contribution >= 0.6 is 12.4 Å². The van der Waals surface area contributed by atoms with E-state index in [2.05, 4.69) is 5.16 Å². The zero-order valence-corrected chi connectivity index (χ0v) is 8.60. The summed E-state index contributed by atoms with van der Waals surface area (Å²) in [6.45, 7) is 3.71. The highest BCUT2D eigenvalue weighted by Crippen LogP contribution is 2.13. The molecule has 0 aliphatic heterocycles. The Morgan fingerprint density at radius 1 is 1.54 bits per heavy atom. The van der Waals surface area contributed by atoms with Gasteiger partial charge in [-0.1, -0.05) is 5.16 Å². The smallest absolute Gasteiger partial charge is 0.137 e. The van der Waals surface area contributed by atoms with Crippen LogP contribution in [0, 0.1) is 13.8 Å². The van der Waals surface area contributed by atoms with Crippen molar-refractivity contribution in [3.05, 3.63) is 17.0 Å². The number of hydrogen-bond donors (Lipinski definition) is 2. The van der Waals surface area contributed by atoms with Gasteiger partial charge in [0, 0.05) is 11.6 Å². The van der Waals surface area contributed by atoms with Crippen LogP contribution < -0.4 is 5.73 Å². The number of aliphatic hydroxyl groups is 1. The Kier molecular flexibility index (Phi) is 4.98. The fraction of sp³-hybridized carbons (Fsp3) is 0.625. The largest absolute Gasteiger partial charge is 0.395 e. The number of hydrogen-bond acceptors (Lipinski definition) is 4. The Balaban J connectivity index is 0.00000144. The molecule has 13 heavy (non-hydrogen) atoms. The molecule has 1 heterocycles. The number of rotatable bonds is 3. The zero-order chi connectivity index (χ0) is 9.14. The highest BCUT2D eigenvalue weighted by atomic mass is 35.5. The third kappa shape index (κ3) is 2.99. The monoisotopic (exact) mass is 206 g/mol. The molecule has 1 rings (SSSR count). The summed E-state index contributed by atoms with van der Waals surface area (Å²) >= 11 is 0. The van der Waals surface area contributed by atoms with E-state index in [0.29, 0.717) is 6.42 Å². The second-order valence-electron chi connectivity index (χ2n) is 2.95. The van der Waals surface area contributed by atoms with Gasteiger partial charge in [-0.25, -0.2) is 0 Å². The maximum Gasteiger partial charge on any atom is 0.137 e. The molecule has 5 heteroatoms. The van der Waals surface area contributed by atoms with Gasteiger partial charge in [0.15, 0.2) is 0 Å². The molecule has 76 valence electrons. The standard InChI is InChI=1S/C8H14N2O2.ClH/c1-5-8(3-7(9)4-11)6(2)12-10-5;/h7,11H,3-4,9H2,1-2H3;1H. The summed E-state index contributed by atoms with van der Waals surface area (Å²) in [6, 6.07) is -0.221. The first-order valence-electron chi connectivity index (χ1n) is 3.93. The van der Waals surface area contributed by atoms with E-state index in [0.717, 1.165) is 17.0 Å². The Bertz CT molecular complexity index is 243. The van der Waals surface area contributed by atoms with E-state index in [1.165, 1.54) is 0 Å². The Hall–Kier alpha value is -0.580. The predicted octanol–water partition coefficient (Wildman–Crippen LogP) is 0.575. The van der Waals surface area contributed by atoms with Crippen LogP contribution in [0.2, 0.25) is 0 Å². The summed E-state index contributed by atoms with van der Waals surface area (Å²) < 4.78 is 4.95. The lowest BCUT2D eigenvalue weighted by atomic mass is 10.1. The van der Waals surface area contributed by atoms with Gasteiger partial charge in [-0.15, -0.1) is 12.4 Å². The maximum atomic E-state index is 8.74. The first-order chi connectivity index (χ1) is 5.65. The minimum atomic E-state index is -0.221. The van der Waals surface area contributed by atoms with Crippen molar-refractivity contribution in [3.63, 3.8) is 0 Å². The quantitative estimate of drug-likeness (QED) is 0.759. The number of nitrogens with zero attached hydrogens (tertiary/aromatic N) is 1. The number of aryl methyl sites for hydroxylation is 2. The van der Waals surface area contributed by atoms with Crippen LogP contribution in [0.4, 0.5) is 0 Å². The van der Waals surface area contributed by atoms with Crippen LogP contribution in [0.5, 0.6) is 0 Å². The summed E-state index contributed by atoms with van der Waals surface area (Å²) in [7, 11) is 0. The molecule has 1 aromatic heterocycles. The van der Waals surface area contributed by atoms with Gasteiger partial charge in [-0.3, -0.25) is 0 Å². The highest BCUT2D eigenvalue weighted by Gasteiger charge is 2.11. The molecule has 4 nitrogen and oxygen atoms in total. The predicted molar refractivity (Wildman–Crippen MR) is 52.0 cm³/mol. The van der Waals surface area contributed by atoms with Crippen molar-refractivity contribution in [1.82, 2.24) is 5.16 Å². The molecule has 1 aromatic rings. The van der Waals surface area contributed by atoms with E-state index in [1.807, 2.05) is 13.8 Å². The summed E-state index contributed by atoms with van der Waals surface area (Å²) in [5.41, 5.74) is 7.45. The van der Waals surface area contributed by atoms with Gasteiger partial charge < -0.3 is 15.4 Å². The Labute approximate surface area is 83.5 Å². The van der Waals surface area contributed by atoms with Gasteiger partial charge in [0.05, 0.1) is 12.3 Å². The lowest BCUT2D eigenvalue weighted by molar-refractivity contribution is 0.265. The zero-order valence-electron chi connectivity index (χ0n) is 7.78. The van der Waals surface area contributed by atoms with E-state index >= 15 is 0 Å². The van der Waals surface area contributed by atoms with Gasteiger partial charge in [0.2, 0.25) is 0 Å². The molecule has 0 saturated heterocycles. The lowest BCUT2D eigenvalue weighted by Crippen LogP contribution is -2.27. The minimum absolute atomic E-state index is 0. The summed E-state index contributed by atoms with van der Waals surface area (Å²) in [5, 5.41) is 12.5. The average molecular weight is 207 g/mol. The lowest BCUT2D eigenvalue weighted by Gasteiger charge is -2.06. The summed E-state index contributed by atoms with van der Waals surface area (Å²) in [6.07, 6.45) is 0.623. The third-order valence-corrected chi connectivity index (χ3v) is 1.88. The van der Waals surface area contributed by atoms with Crippen molar-refractivity contribution in [3.8, 4) is 0 Å². The third-order valence-electron chi connectivity index (χ3n) is 1.88. The Morgan fingerprint density at radius 2 is 2.15 bits per heavy atom. The van der Waals surface area contributed by atoms with E-state index in [1.54, 1.807) is 0 Å². The molecule has 0 saturated carbocycles. The molecule has 0 aliphatic carbocycles. The second kappa shape index (κ2) is 5.21. The molecular weight excluding hydrogens is 192 g/mol. The van der Waals surface area contributed by atoms with Crippen molar-refractivity contribution >= 4 is 12.4 Å². The number of nitrogens with two attached hydrogens (primary N) is 1. The molecule has 0 aliphatic rings. The van der Waals surface area contributed by atoms with Crippen LogP contribution in [-0.2, 0) is 6.42 Å². The van der Waals surface area contributed by atoms with Gasteiger partial charge >= 0.3 is 0 Å². The molecule has 0 amide bonds. The van der Waals surface area contributed by atoms with E-state index in [-0.39, 0.29) is 25.1 Å². The van der Waals surface area contributed by atoms with Crippen molar-refractivity contribution in [1.29, 1.82) is 0 Å². The van der Waals surface area contributed by atoms with Crippen LogP contribution in [0.1, 0.15) is 17.0 Å². The van der Waals surface area contributed by atoms with Crippen molar-refractivity contribution in [2.75, 3.05) is 6.61 Å². The van der Waals surface area contributed by atoms with Crippen molar-refractivity contribution in [2.24, 2.45) is 5.73 Å². The molecular formula is C8H15ClN2O2. The van der Waals surface area contributed by atoms with Crippen molar-refractivity contribution < 1.29 is 9.63 Å². The fourth-order valence-electron chi connectivity index (χ4n) is 1.12. The van der Waals surface area contributed by atoms with Crippen LogP contribution in [0.3, 0.4) is 0 Å². The molecule has 1 unspecified atom stereocenters. The second-order valence-corrected chi connectivity index (χ2v) is 2.95. The van der Waals surface area contributed by atoms with Gasteiger partial charge in [-0.2, -0.15) is 0 Å². The number of aliphatic hydroxyl groups excluding tert-OH is 1. The molecule has 0 fully saturated rings. The van der Waals surface area contributed by atoms with E-state index in [9.17, 15) is 0 Å². The van der Waals surface area contributed by atoms with Crippen molar-refractivity contribution in [2.45, 2.75) is 26.3 Å². The minimum Gasteiger partial charge on any atom is -0.395 e. The van der Waals surface area contributed by atoms with Gasteiger partial charge in [-0.05, 0) is 20.3 Å². The van der Waals surface area contributed by atoms with Crippen LogP contribution in [-0.4, -0.2) is 22.9 Å². The maximum absolute atomic E-state index is 8.74. The SMILES string of the molecule is Cc1noc(C)c1CC(N)CO.Cl. The molecule has 0 radical (unpaired) electrons. The molecule has 0 aromatic carbocycles. The number of halogens is 1. The summed E-state index contributed by atoms with van der Waals surface area (Å²) in [5.74, 6) is 0.788. The molecule has 3 N–H and O–H groups in total. The van der Waals surface area contributed by atoms with E-state index in [4.69, 9.17) is 15.4 Å². The van der Waals surface area contributed by atoms with E-state index < -0.39 is 0 Å². The number of aromatic nitrogens is 1. The normalized spacial score (nSPS) is 12.3. The average Bonchev–Trinajstić information content (AvgIpc) is 2.35. The molecule has 0 bridgehead atoms. The first kappa shape index (κ1) is 12.4. The molecule has 1 atom stereocenters. The summed E-state index contributed by atoms with van der Waals surface area (Å²) in [4.78, 5) is 0. The molecule has 0 spiro atoms.